The lowest BCUT2D eigenvalue weighted by atomic mass is 9.98. The molecule has 0 radical (unpaired) electrons. The number of ether oxygens (including phenoxy) is 1. The van der Waals surface area contributed by atoms with Crippen LogP contribution in [0.15, 0.2) is 18.2 Å². The molecular weight excluding hydrogens is 358 g/mol. The summed E-state index contributed by atoms with van der Waals surface area (Å²) in [6.07, 6.45) is 1.12. The molecule has 1 saturated heterocycles. The average Bonchev–Trinajstić information content (AvgIpc) is 2.66. The van der Waals surface area contributed by atoms with Gasteiger partial charge >= 0.3 is 11.7 Å². The highest BCUT2D eigenvalue weighted by Gasteiger charge is 2.29. The van der Waals surface area contributed by atoms with E-state index in [0.29, 0.717) is 19.4 Å². The topological polar surface area (TPSA) is 130 Å². The molecule has 1 fully saturated rings. The Morgan fingerprint density at radius 2 is 2.11 bits per heavy atom. The van der Waals surface area contributed by atoms with Crippen molar-refractivity contribution < 1.29 is 29.2 Å². The molecule has 1 aliphatic heterocycles. The van der Waals surface area contributed by atoms with Crippen molar-refractivity contribution >= 4 is 23.5 Å². The van der Waals surface area contributed by atoms with Crippen LogP contribution in [0.3, 0.4) is 0 Å². The number of nitro benzene ring substituents is 1. The minimum atomic E-state index is -0.935. The van der Waals surface area contributed by atoms with E-state index in [9.17, 15) is 24.5 Å². The van der Waals surface area contributed by atoms with Gasteiger partial charge in [-0.2, -0.15) is 0 Å². The number of carbonyl (C=O) groups is 3. The molecule has 2 amide bonds. The molecule has 1 aromatic carbocycles. The van der Waals surface area contributed by atoms with Gasteiger partial charge < -0.3 is 19.6 Å². The number of nitrogens with zero attached hydrogens (tertiary/aromatic N) is 3. The van der Waals surface area contributed by atoms with Crippen molar-refractivity contribution in [1.82, 2.24) is 9.80 Å². The first-order valence-corrected chi connectivity index (χ1v) is 8.33. The standard InChI is InChI=1S/C17H21N3O7/c1-18(10-15(21)19-7-3-4-12(9-19)17(23)24)16(22)11-5-6-13(20(25)26)14(8-11)27-2/h5-6,8,12H,3-4,7,9-10H2,1-2H3,(H,23,24). The highest BCUT2D eigenvalue weighted by Crippen LogP contribution is 2.28. The number of amides is 2. The summed E-state index contributed by atoms with van der Waals surface area (Å²) in [6, 6.07) is 3.72. The summed E-state index contributed by atoms with van der Waals surface area (Å²) in [4.78, 5) is 49.0. The van der Waals surface area contributed by atoms with Crippen LogP contribution in [0.25, 0.3) is 0 Å². The van der Waals surface area contributed by atoms with Gasteiger partial charge in [0.25, 0.3) is 5.91 Å². The maximum absolute atomic E-state index is 12.5. The van der Waals surface area contributed by atoms with Crippen LogP contribution in [0.4, 0.5) is 5.69 Å². The van der Waals surface area contributed by atoms with E-state index in [1.807, 2.05) is 0 Å². The molecule has 1 aliphatic rings. The first kappa shape index (κ1) is 20.1. The SMILES string of the molecule is COc1cc(C(=O)N(C)CC(=O)N2CCCC(C(=O)O)C2)ccc1[N+](=O)[O-]. The number of likely N-dealkylation sites (tertiary alicyclic amines) is 1. The summed E-state index contributed by atoms with van der Waals surface area (Å²) in [5.74, 6) is -2.42. The molecule has 10 heteroatoms. The van der Waals surface area contributed by atoms with Crippen molar-refractivity contribution in [3.05, 3.63) is 33.9 Å². The zero-order chi connectivity index (χ0) is 20.1. The maximum Gasteiger partial charge on any atom is 0.310 e. The number of carbonyl (C=O) groups excluding carboxylic acids is 2. The first-order chi connectivity index (χ1) is 12.7. The summed E-state index contributed by atoms with van der Waals surface area (Å²) < 4.78 is 4.94. The minimum absolute atomic E-state index is 0.0501. The van der Waals surface area contributed by atoms with Gasteiger partial charge in [-0.25, -0.2) is 0 Å². The van der Waals surface area contributed by atoms with Crippen LogP contribution in [0.1, 0.15) is 23.2 Å². The van der Waals surface area contributed by atoms with Crippen molar-refractivity contribution in [2.75, 3.05) is 33.8 Å². The smallest absolute Gasteiger partial charge is 0.310 e. The number of carboxylic acids is 1. The van der Waals surface area contributed by atoms with E-state index < -0.39 is 22.7 Å². The number of nitro groups is 1. The van der Waals surface area contributed by atoms with Gasteiger partial charge in [-0.1, -0.05) is 0 Å². The van der Waals surface area contributed by atoms with Crippen LogP contribution in [0, 0.1) is 16.0 Å². The van der Waals surface area contributed by atoms with Gasteiger partial charge in [0.2, 0.25) is 5.91 Å². The summed E-state index contributed by atoms with van der Waals surface area (Å²) in [6.45, 7) is 0.363. The molecule has 146 valence electrons. The van der Waals surface area contributed by atoms with Gasteiger partial charge in [-0.15, -0.1) is 0 Å². The molecular formula is C17H21N3O7. The van der Waals surface area contributed by atoms with Gasteiger partial charge in [0.1, 0.15) is 0 Å². The lowest BCUT2D eigenvalue weighted by Gasteiger charge is -2.32. The molecule has 0 bridgehead atoms. The van der Waals surface area contributed by atoms with Gasteiger partial charge in [-0.05, 0) is 18.9 Å². The molecule has 1 aromatic rings. The van der Waals surface area contributed by atoms with E-state index in [1.165, 1.54) is 42.2 Å². The summed E-state index contributed by atoms with van der Waals surface area (Å²) in [5.41, 5.74) is -0.115. The quantitative estimate of drug-likeness (QED) is 0.576. The first-order valence-electron chi connectivity index (χ1n) is 8.33. The fourth-order valence-corrected chi connectivity index (χ4v) is 2.96. The Morgan fingerprint density at radius 1 is 1.41 bits per heavy atom. The Labute approximate surface area is 155 Å². The van der Waals surface area contributed by atoms with Gasteiger partial charge in [0.15, 0.2) is 5.75 Å². The molecule has 0 spiro atoms. The Kier molecular flexibility index (Phi) is 6.32. The molecule has 27 heavy (non-hydrogen) atoms. The number of aliphatic carboxylic acids is 1. The summed E-state index contributed by atoms with van der Waals surface area (Å²) in [7, 11) is 2.70. The lowest BCUT2D eigenvalue weighted by molar-refractivity contribution is -0.385. The number of methoxy groups -OCH3 is 1. The highest BCUT2D eigenvalue weighted by atomic mass is 16.6. The average molecular weight is 379 g/mol. The van der Waals surface area contributed by atoms with Crippen LogP contribution in [-0.4, -0.2) is 71.4 Å². The van der Waals surface area contributed by atoms with E-state index in [1.54, 1.807) is 0 Å². The molecule has 1 N–H and O–H groups in total. The zero-order valence-corrected chi connectivity index (χ0v) is 15.1. The largest absolute Gasteiger partial charge is 0.490 e. The van der Waals surface area contributed by atoms with Crippen LogP contribution in [0.2, 0.25) is 0 Å². The number of hydrogen-bond donors (Lipinski definition) is 1. The number of carboxylic acid groups (broad SMARTS) is 1. The molecule has 10 nitrogen and oxygen atoms in total. The molecule has 1 atom stereocenters. The Bertz CT molecular complexity index is 765. The van der Waals surface area contributed by atoms with Crippen molar-refractivity contribution in [3.63, 3.8) is 0 Å². The van der Waals surface area contributed by atoms with E-state index in [-0.39, 0.29) is 36.0 Å². The third-order valence-corrected chi connectivity index (χ3v) is 4.47. The van der Waals surface area contributed by atoms with E-state index in [4.69, 9.17) is 9.84 Å². The monoisotopic (exact) mass is 379 g/mol. The van der Waals surface area contributed by atoms with Crippen molar-refractivity contribution in [1.29, 1.82) is 0 Å². The maximum atomic E-state index is 12.5. The number of benzene rings is 1. The third kappa shape index (κ3) is 4.72. The zero-order valence-electron chi connectivity index (χ0n) is 15.1. The number of likely N-dealkylation sites (N-methyl/N-ethyl adjacent to an activating group) is 1. The van der Waals surface area contributed by atoms with Crippen LogP contribution < -0.4 is 4.74 Å². The van der Waals surface area contributed by atoms with E-state index >= 15 is 0 Å². The van der Waals surface area contributed by atoms with Crippen LogP contribution >= 0.6 is 0 Å². The molecule has 0 aromatic heterocycles. The molecule has 1 heterocycles. The number of rotatable bonds is 6. The summed E-state index contributed by atoms with van der Waals surface area (Å²) >= 11 is 0. The lowest BCUT2D eigenvalue weighted by Crippen LogP contribution is -2.46. The molecule has 0 aliphatic carbocycles. The third-order valence-electron chi connectivity index (χ3n) is 4.47. The number of piperidine rings is 1. The predicted octanol–water partition coefficient (Wildman–Crippen LogP) is 0.999. The Morgan fingerprint density at radius 3 is 2.70 bits per heavy atom. The normalized spacial score (nSPS) is 16.5. The van der Waals surface area contributed by atoms with Crippen molar-refractivity contribution in [2.45, 2.75) is 12.8 Å². The van der Waals surface area contributed by atoms with E-state index in [2.05, 4.69) is 0 Å². The van der Waals surface area contributed by atoms with Crippen molar-refractivity contribution in [2.24, 2.45) is 5.92 Å². The fraction of sp³-hybridized carbons (Fsp3) is 0.471. The Balaban J connectivity index is 2.06. The van der Waals surface area contributed by atoms with Gasteiger partial charge in [0.05, 0.1) is 24.5 Å². The Hall–Kier alpha value is -3.17. The predicted molar refractivity (Wildman–Crippen MR) is 93.5 cm³/mol. The van der Waals surface area contributed by atoms with Gasteiger partial charge in [-0.3, -0.25) is 24.5 Å². The number of hydrogen-bond acceptors (Lipinski definition) is 6. The second-order valence-electron chi connectivity index (χ2n) is 6.32. The summed E-state index contributed by atoms with van der Waals surface area (Å²) in [5, 5.41) is 20.0. The van der Waals surface area contributed by atoms with E-state index in [0.717, 1.165) is 0 Å². The fourth-order valence-electron chi connectivity index (χ4n) is 2.96. The molecule has 2 rings (SSSR count). The van der Waals surface area contributed by atoms with Crippen LogP contribution in [0.5, 0.6) is 5.75 Å². The second-order valence-corrected chi connectivity index (χ2v) is 6.32. The molecule has 1 unspecified atom stereocenters. The highest BCUT2D eigenvalue weighted by molar-refractivity contribution is 5.97. The second kappa shape index (κ2) is 8.47. The molecule has 0 saturated carbocycles. The van der Waals surface area contributed by atoms with Crippen LogP contribution in [-0.2, 0) is 9.59 Å². The minimum Gasteiger partial charge on any atom is -0.490 e. The van der Waals surface area contributed by atoms with Gasteiger partial charge in [0, 0.05) is 37.8 Å². The van der Waals surface area contributed by atoms with Crippen molar-refractivity contribution in [3.8, 4) is 5.75 Å².